The van der Waals surface area contributed by atoms with Crippen LogP contribution in [0.3, 0.4) is 0 Å². The molecular weight excluding hydrogens is 319 g/mol. The van der Waals surface area contributed by atoms with E-state index in [9.17, 15) is 9.18 Å². The topological polar surface area (TPSA) is 61.9 Å². The maximum Gasteiger partial charge on any atom is 0.246 e. The average Bonchev–Trinajstić information content (AvgIpc) is 3.38. The van der Waals surface area contributed by atoms with E-state index in [-0.39, 0.29) is 11.7 Å². The van der Waals surface area contributed by atoms with Gasteiger partial charge in [0.25, 0.3) is 0 Å². The van der Waals surface area contributed by atoms with Crippen LogP contribution in [0.2, 0.25) is 0 Å². The van der Waals surface area contributed by atoms with Gasteiger partial charge in [-0.15, -0.1) is 0 Å². The summed E-state index contributed by atoms with van der Waals surface area (Å²) in [6, 6.07) is 6.10. The second-order valence-corrected chi connectivity index (χ2v) is 6.84. The van der Waals surface area contributed by atoms with Crippen LogP contribution in [0, 0.1) is 5.82 Å². The third-order valence-electron chi connectivity index (χ3n) is 4.94. The van der Waals surface area contributed by atoms with Crippen LogP contribution >= 0.6 is 0 Å². The normalized spacial score (nSPS) is 18.8. The molecular formula is C19H21FN4O. The summed E-state index contributed by atoms with van der Waals surface area (Å²) >= 11 is 0. The minimum absolute atomic E-state index is 0.000913. The number of nitrogens with one attached hydrogen (secondary N) is 1. The van der Waals surface area contributed by atoms with Crippen LogP contribution in [0.25, 0.3) is 6.08 Å². The molecule has 1 N–H and O–H groups in total. The molecule has 2 aliphatic rings. The molecule has 1 amide bonds. The molecule has 2 heterocycles. The minimum atomic E-state index is -0.275. The lowest BCUT2D eigenvalue weighted by molar-refractivity contribution is -0.127. The van der Waals surface area contributed by atoms with E-state index < -0.39 is 0 Å². The lowest BCUT2D eigenvalue weighted by Gasteiger charge is -2.30. The van der Waals surface area contributed by atoms with Crippen molar-refractivity contribution in [3.63, 3.8) is 0 Å². The molecule has 0 radical (unpaired) electrons. The molecule has 0 unspecified atom stereocenters. The molecule has 1 aliphatic carbocycles. The summed E-state index contributed by atoms with van der Waals surface area (Å²) in [5.74, 6) is 2.56. The van der Waals surface area contributed by atoms with E-state index in [4.69, 9.17) is 0 Å². The van der Waals surface area contributed by atoms with Gasteiger partial charge in [-0.1, -0.05) is 12.1 Å². The van der Waals surface area contributed by atoms with Crippen molar-refractivity contribution in [2.45, 2.75) is 37.5 Å². The highest BCUT2D eigenvalue weighted by atomic mass is 19.1. The minimum Gasteiger partial charge on any atom is -0.339 e. The zero-order valence-electron chi connectivity index (χ0n) is 14.0. The third kappa shape index (κ3) is 3.78. The second kappa shape index (κ2) is 6.78. The number of likely N-dealkylation sites (tertiary alicyclic amines) is 1. The number of halogens is 1. The number of nitrogens with zero attached hydrogens (tertiary/aromatic N) is 3. The Labute approximate surface area is 146 Å². The van der Waals surface area contributed by atoms with E-state index in [2.05, 4.69) is 15.2 Å². The van der Waals surface area contributed by atoms with Gasteiger partial charge in [0, 0.05) is 31.0 Å². The van der Waals surface area contributed by atoms with E-state index in [1.807, 2.05) is 4.90 Å². The molecule has 25 heavy (non-hydrogen) atoms. The fraction of sp³-hybridized carbons (Fsp3) is 0.421. The first-order valence-electron chi connectivity index (χ1n) is 8.84. The summed E-state index contributed by atoms with van der Waals surface area (Å²) in [6.07, 6.45) is 7.49. The fourth-order valence-electron chi connectivity index (χ4n) is 3.21. The number of H-pyrrole nitrogens is 1. The molecule has 2 aromatic rings. The molecule has 1 saturated heterocycles. The number of hydrogen-bond acceptors (Lipinski definition) is 3. The first-order chi connectivity index (χ1) is 12.2. The average molecular weight is 340 g/mol. The number of amides is 1. The van der Waals surface area contributed by atoms with Crippen LogP contribution in [-0.2, 0) is 4.79 Å². The zero-order valence-corrected chi connectivity index (χ0v) is 14.0. The van der Waals surface area contributed by atoms with Crippen molar-refractivity contribution >= 4 is 12.0 Å². The van der Waals surface area contributed by atoms with Crippen LogP contribution < -0.4 is 0 Å². The number of aromatic nitrogens is 3. The van der Waals surface area contributed by atoms with Crippen molar-refractivity contribution in [1.29, 1.82) is 0 Å². The monoisotopic (exact) mass is 340 g/mol. The van der Waals surface area contributed by atoms with Crippen LogP contribution in [-0.4, -0.2) is 39.1 Å². The van der Waals surface area contributed by atoms with Gasteiger partial charge in [-0.25, -0.2) is 9.37 Å². The van der Waals surface area contributed by atoms with E-state index >= 15 is 0 Å². The Morgan fingerprint density at radius 2 is 1.84 bits per heavy atom. The third-order valence-corrected chi connectivity index (χ3v) is 4.94. The summed E-state index contributed by atoms with van der Waals surface area (Å²) in [6.45, 7) is 1.44. The molecule has 0 atom stereocenters. The van der Waals surface area contributed by atoms with Gasteiger partial charge in [0.2, 0.25) is 5.91 Å². The number of piperidine rings is 1. The van der Waals surface area contributed by atoms with E-state index in [0.29, 0.717) is 11.8 Å². The number of carbonyl (C=O) groups excluding carboxylic acids is 1. The molecule has 1 saturated carbocycles. The number of rotatable bonds is 4. The number of aromatic amines is 1. The fourth-order valence-corrected chi connectivity index (χ4v) is 3.21. The van der Waals surface area contributed by atoms with Crippen LogP contribution in [0.4, 0.5) is 4.39 Å². The molecule has 130 valence electrons. The molecule has 6 heteroatoms. The maximum atomic E-state index is 12.9. The predicted molar refractivity (Wildman–Crippen MR) is 92.3 cm³/mol. The van der Waals surface area contributed by atoms with Gasteiger partial charge in [-0.3, -0.25) is 9.89 Å². The van der Waals surface area contributed by atoms with Gasteiger partial charge in [-0.2, -0.15) is 5.10 Å². The molecule has 0 spiro atoms. The van der Waals surface area contributed by atoms with Gasteiger partial charge in [0.1, 0.15) is 11.6 Å². The van der Waals surface area contributed by atoms with Crippen molar-refractivity contribution in [2.24, 2.45) is 0 Å². The molecule has 1 aromatic heterocycles. The molecule has 5 nitrogen and oxygen atoms in total. The second-order valence-electron chi connectivity index (χ2n) is 6.84. The highest BCUT2D eigenvalue weighted by Gasteiger charge is 2.30. The summed E-state index contributed by atoms with van der Waals surface area (Å²) < 4.78 is 12.9. The predicted octanol–water partition coefficient (Wildman–Crippen LogP) is 3.24. The molecule has 4 rings (SSSR count). The van der Waals surface area contributed by atoms with Crippen LogP contribution in [0.5, 0.6) is 0 Å². The maximum absolute atomic E-state index is 12.9. The Bertz CT molecular complexity index is 771. The van der Waals surface area contributed by atoms with Gasteiger partial charge < -0.3 is 4.90 Å². The molecule has 1 aromatic carbocycles. The Hall–Kier alpha value is -2.50. The molecule has 1 aliphatic heterocycles. The van der Waals surface area contributed by atoms with E-state index in [1.54, 1.807) is 24.3 Å². The van der Waals surface area contributed by atoms with Crippen molar-refractivity contribution in [2.75, 3.05) is 13.1 Å². The summed E-state index contributed by atoms with van der Waals surface area (Å²) in [7, 11) is 0. The standard InChI is InChI=1S/C19H21FN4O/c20-16-6-1-13(2-7-16)3-8-17(25)24-11-9-15(10-12-24)19-21-18(22-23-19)14-4-5-14/h1-3,6-8,14-15H,4-5,9-12H2,(H,21,22,23). The highest BCUT2D eigenvalue weighted by Crippen LogP contribution is 2.38. The lowest BCUT2D eigenvalue weighted by Crippen LogP contribution is -2.37. The quantitative estimate of drug-likeness (QED) is 0.869. The Kier molecular flexibility index (Phi) is 4.34. The van der Waals surface area contributed by atoms with Crippen molar-refractivity contribution < 1.29 is 9.18 Å². The van der Waals surface area contributed by atoms with Gasteiger partial charge in [-0.05, 0) is 49.5 Å². The van der Waals surface area contributed by atoms with Crippen molar-refractivity contribution in [1.82, 2.24) is 20.1 Å². The van der Waals surface area contributed by atoms with E-state index in [1.165, 1.54) is 25.0 Å². The Balaban J connectivity index is 1.31. The molecule has 0 bridgehead atoms. The van der Waals surface area contributed by atoms with Crippen LogP contribution in [0.1, 0.15) is 54.7 Å². The van der Waals surface area contributed by atoms with Gasteiger partial charge in [0.15, 0.2) is 5.82 Å². The van der Waals surface area contributed by atoms with Crippen LogP contribution in [0.15, 0.2) is 30.3 Å². The Morgan fingerprint density at radius 3 is 2.52 bits per heavy atom. The highest BCUT2D eigenvalue weighted by molar-refractivity contribution is 5.91. The number of hydrogen-bond donors (Lipinski definition) is 1. The van der Waals surface area contributed by atoms with E-state index in [0.717, 1.165) is 43.1 Å². The zero-order chi connectivity index (χ0) is 17.2. The SMILES string of the molecule is O=C(C=Cc1ccc(F)cc1)N1CCC(c2nc(C3CC3)n[nH]2)CC1. The number of carbonyl (C=O) groups is 1. The molecule has 2 fully saturated rings. The van der Waals surface area contributed by atoms with Gasteiger partial charge in [0.05, 0.1) is 0 Å². The smallest absolute Gasteiger partial charge is 0.246 e. The summed E-state index contributed by atoms with van der Waals surface area (Å²) in [4.78, 5) is 18.8. The number of benzene rings is 1. The largest absolute Gasteiger partial charge is 0.339 e. The Morgan fingerprint density at radius 1 is 1.12 bits per heavy atom. The van der Waals surface area contributed by atoms with Gasteiger partial charge >= 0.3 is 0 Å². The first kappa shape index (κ1) is 16.0. The van der Waals surface area contributed by atoms with Crippen molar-refractivity contribution in [3.8, 4) is 0 Å². The summed E-state index contributed by atoms with van der Waals surface area (Å²) in [5, 5.41) is 7.41. The summed E-state index contributed by atoms with van der Waals surface area (Å²) in [5.41, 5.74) is 0.818. The van der Waals surface area contributed by atoms with Crippen molar-refractivity contribution in [3.05, 3.63) is 53.4 Å². The lowest BCUT2D eigenvalue weighted by atomic mass is 9.96. The first-order valence-corrected chi connectivity index (χ1v) is 8.84.